The van der Waals surface area contributed by atoms with Crippen LogP contribution >= 0.6 is 23.2 Å². The van der Waals surface area contributed by atoms with Crippen molar-refractivity contribution >= 4 is 29.2 Å². The highest BCUT2D eigenvalue weighted by Crippen LogP contribution is 2.26. The number of aromatic nitrogens is 3. The van der Waals surface area contributed by atoms with Crippen molar-refractivity contribution in [3.8, 4) is 11.8 Å². The lowest BCUT2D eigenvalue weighted by Gasteiger charge is -2.08. The molecule has 1 aromatic carbocycles. The van der Waals surface area contributed by atoms with E-state index in [9.17, 15) is 0 Å². The first-order valence-electron chi connectivity index (χ1n) is 5.68. The van der Waals surface area contributed by atoms with Crippen LogP contribution in [-0.2, 0) is 0 Å². The van der Waals surface area contributed by atoms with Crippen molar-refractivity contribution in [2.45, 2.75) is 13.8 Å². The Morgan fingerprint density at radius 1 is 1.21 bits per heavy atom. The summed E-state index contributed by atoms with van der Waals surface area (Å²) in [7, 11) is 0. The second-order valence-electron chi connectivity index (χ2n) is 3.75. The van der Waals surface area contributed by atoms with Crippen molar-refractivity contribution in [1.29, 1.82) is 0 Å². The summed E-state index contributed by atoms with van der Waals surface area (Å²) in [6.45, 7) is 4.51. The molecule has 0 aliphatic carbocycles. The van der Waals surface area contributed by atoms with Gasteiger partial charge in [0.2, 0.25) is 11.2 Å². The summed E-state index contributed by atoms with van der Waals surface area (Å²) >= 11 is 11.7. The van der Waals surface area contributed by atoms with E-state index in [1.165, 1.54) is 0 Å². The summed E-state index contributed by atoms with van der Waals surface area (Å²) in [5, 5.41) is 3.59. The molecule has 0 aliphatic rings. The molecule has 0 unspecified atom stereocenters. The molecular weight excluding hydrogens is 287 g/mol. The molecule has 100 valence electrons. The molecule has 1 aromatic heterocycles. The molecule has 7 heteroatoms. The van der Waals surface area contributed by atoms with Gasteiger partial charge in [0.05, 0.1) is 0 Å². The largest absolute Gasteiger partial charge is 0.424 e. The van der Waals surface area contributed by atoms with Crippen molar-refractivity contribution in [3.63, 3.8) is 0 Å². The molecule has 0 spiro atoms. The Labute approximate surface area is 121 Å². The lowest BCUT2D eigenvalue weighted by molar-refractivity contribution is 0.437. The summed E-state index contributed by atoms with van der Waals surface area (Å²) in [5.74, 6) is 0.953. The number of hydrogen-bond donors (Lipinski definition) is 1. The number of ether oxygens (including phenoxy) is 1. The number of benzene rings is 1. The minimum absolute atomic E-state index is 0.0700. The third-order valence-corrected chi connectivity index (χ3v) is 2.68. The fourth-order valence-electron chi connectivity index (χ4n) is 1.40. The fourth-order valence-corrected chi connectivity index (χ4v) is 1.71. The van der Waals surface area contributed by atoms with Gasteiger partial charge in [-0.05, 0) is 43.1 Å². The van der Waals surface area contributed by atoms with Crippen molar-refractivity contribution in [2.75, 3.05) is 11.9 Å². The minimum atomic E-state index is 0.0700. The number of nitrogens with one attached hydrogen (secondary N) is 1. The predicted molar refractivity (Wildman–Crippen MR) is 75.3 cm³/mol. The molecule has 0 atom stereocenters. The van der Waals surface area contributed by atoms with Gasteiger partial charge in [0, 0.05) is 11.6 Å². The van der Waals surface area contributed by atoms with Gasteiger partial charge in [0.15, 0.2) is 0 Å². The molecule has 0 radical (unpaired) electrons. The first-order valence-corrected chi connectivity index (χ1v) is 6.43. The first-order chi connectivity index (χ1) is 9.08. The van der Waals surface area contributed by atoms with Crippen LogP contribution in [0.25, 0.3) is 0 Å². The van der Waals surface area contributed by atoms with Gasteiger partial charge in [-0.1, -0.05) is 17.7 Å². The summed E-state index contributed by atoms with van der Waals surface area (Å²) in [5.41, 5.74) is 0.922. The van der Waals surface area contributed by atoms with Crippen LogP contribution in [0.3, 0.4) is 0 Å². The van der Waals surface area contributed by atoms with Gasteiger partial charge in [-0.3, -0.25) is 0 Å². The smallest absolute Gasteiger partial charge is 0.328 e. The Kier molecular flexibility index (Phi) is 4.39. The zero-order valence-corrected chi connectivity index (χ0v) is 12.0. The number of hydrogen-bond acceptors (Lipinski definition) is 5. The first kappa shape index (κ1) is 13.8. The molecule has 0 bridgehead atoms. The zero-order valence-electron chi connectivity index (χ0n) is 10.4. The Morgan fingerprint density at radius 2 is 2.00 bits per heavy atom. The molecule has 5 nitrogen and oxygen atoms in total. The van der Waals surface area contributed by atoms with Gasteiger partial charge >= 0.3 is 6.01 Å². The summed E-state index contributed by atoms with van der Waals surface area (Å²) in [6, 6.07) is 5.46. The molecular formula is C12H12Cl2N4O. The van der Waals surface area contributed by atoms with Crippen LogP contribution in [0.4, 0.5) is 5.95 Å². The van der Waals surface area contributed by atoms with Crippen LogP contribution in [0.1, 0.15) is 12.5 Å². The molecule has 19 heavy (non-hydrogen) atoms. The maximum absolute atomic E-state index is 5.92. The topological polar surface area (TPSA) is 59.9 Å². The number of halogens is 2. The van der Waals surface area contributed by atoms with Gasteiger partial charge in [0.1, 0.15) is 5.75 Å². The van der Waals surface area contributed by atoms with Gasteiger partial charge in [-0.2, -0.15) is 15.0 Å². The van der Waals surface area contributed by atoms with Crippen LogP contribution < -0.4 is 10.1 Å². The Balaban J connectivity index is 2.29. The molecule has 0 saturated heterocycles. The second-order valence-corrected chi connectivity index (χ2v) is 4.53. The zero-order chi connectivity index (χ0) is 13.8. The molecule has 2 rings (SSSR count). The lowest BCUT2D eigenvalue weighted by Crippen LogP contribution is -2.05. The van der Waals surface area contributed by atoms with Crippen molar-refractivity contribution in [2.24, 2.45) is 0 Å². The summed E-state index contributed by atoms with van der Waals surface area (Å²) < 4.78 is 5.59. The Hall–Kier alpha value is -1.59. The van der Waals surface area contributed by atoms with Crippen LogP contribution in [-0.4, -0.2) is 21.5 Å². The molecule has 0 amide bonds. The van der Waals surface area contributed by atoms with Crippen LogP contribution in [0.15, 0.2) is 18.2 Å². The average molecular weight is 299 g/mol. The number of aryl methyl sites for hydroxylation is 1. The maximum atomic E-state index is 5.92. The highest BCUT2D eigenvalue weighted by Gasteiger charge is 2.08. The minimum Gasteiger partial charge on any atom is -0.424 e. The summed E-state index contributed by atoms with van der Waals surface area (Å²) in [6.07, 6.45) is 0. The van der Waals surface area contributed by atoms with Gasteiger partial charge in [-0.25, -0.2) is 0 Å². The molecule has 2 aromatic rings. The van der Waals surface area contributed by atoms with E-state index in [0.717, 1.165) is 5.56 Å². The van der Waals surface area contributed by atoms with Crippen molar-refractivity contribution in [1.82, 2.24) is 15.0 Å². The van der Waals surface area contributed by atoms with E-state index >= 15 is 0 Å². The predicted octanol–water partition coefficient (Wildman–Crippen LogP) is 3.71. The molecule has 1 N–H and O–H groups in total. The quantitative estimate of drug-likeness (QED) is 0.932. The molecule has 0 saturated carbocycles. The van der Waals surface area contributed by atoms with Crippen LogP contribution in [0.5, 0.6) is 11.8 Å². The standard InChI is InChI=1S/C12H12Cl2N4O/c1-3-15-11-16-10(14)17-12(18-11)19-9-6-8(13)5-4-7(9)2/h4-6H,3H2,1-2H3,(H,15,16,17,18). The van der Waals surface area contributed by atoms with E-state index in [2.05, 4.69) is 20.3 Å². The van der Waals surface area contributed by atoms with Crippen molar-refractivity contribution < 1.29 is 4.74 Å². The highest BCUT2D eigenvalue weighted by atomic mass is 35.5. The highest BCUT2D eigenvalue weighted by molar-refractivity contribution is 6.30. The van der Waals surface area contributed by atoms with E-state index in [4.69, 9.17) is 27.9 Å². The van der Waals surface area contributed by atoms with E-state index in [0.29, 0.717) is 23.3 Å². The maximum Gasteiger partial charge on any atom is 0.328 e. The molecule has 0 fully saturated rings. The van der Waals surface area contributed by atoms with E-state index in [-0.39, 0.29) is 11.3 Å². The van der Waals surface area contributed by atoms with Crippen LogP contribution in [0.2, 0.25) is 10.3 Å². The van der Waals surface area contributed by atoms with E-state index in [1.54, 1.807) is 12.1 Å². The fraction of sp³-hybridized carbons (Fsp3) is 0.250. The third-order valence-electron chi connectivity index (χ3n) is 2.27. The SMILES string of the molecule is CCNc1nc(Cl)nc(Oc2cc(Cl)ccc2C)n1. The summed E-state index contributed by atoms with van der Waals surface area (Å²) in [4.78, 5) is 12.0. The molecule has 0 aliphatic heterocycles. The molecule has 1 heterocycles. The van der Waals surface area contributed by atoms with Crippen LogP contribution in [0, 0.1) is 6.92 Å². The van der Waals surface area contributed by atoms with E-state index in [1.807, 2.05) is 19.9 Å². The second kappa shape index (κ2) is 6.04. The number of rotatable bonds is 4. The van der Waals surface area contributed by atoms with Gasteiger partial charge in [-0.15, -0.1) is 0 Å². The third kappa shape index (κ3) is 3.68. The van der Waals surface area contributed by atoms with Gasteiger partial charge in [0.25, 0.3) is 0 Å². The normalized spacial score (nSPS) is 10.3. The van der Waals surface area contributed by atoms with Crippen molar-refractivity contribution in [3.05, 3.63) is 34.1 Å². The lowest BCUT2D eigenvalue weighted by atomic mass is 10.2. The monoisotopic (exact) mass is 298 g/mol. The van der Waals surface area contributed by atoms with E-state index < -0.39 is 0 Å². The Bertz CT molecular complexity index is 592. The van der Waals surface area contributed by atoms with Gasteiger partial charge < -0.3 is 10.1 Å². The number of nitrogens with zero attached hydrogens (tertiary/aromatic N) is 3. The average Bonchev–Trinajstić information content (AvgIpc) is 2.33. The number of anilines is 1. The Morgan fingerprint density at radius 3 is 2.74 bits per heavy atom.